The van der Waals surface area contributed by atoms with E-state index in [4.69, 9.17) is 11.6 Å². The first-order valence-electron chi connectivity index (χ1n) is 4.93. The molecule has 0 amide bonds. The van der Waals surface area contributed by atoms with Gasteiger partial charge in [-0.1, -0.05) is 0 Å². The van der Waals surface area contributed by atoms with E-state index in [1.165, 1.54) is 31.2 Å². The van der Waals surface area contributed by atoms with E-state index < -0.39 is 10.7 Å². The van der Waals surface area contributed by atoms with Crippen LogP contribution in [-0.4, -0.2) is 14.9 Å². The van der Waals surface area contributed by atoms with Crippen molar-refractivity contribution in [1.82, 2.24) is 9.97 Å². The van der Waals surface area contributed by atoms with Crippen molar-refractivity contribution in [3.8, 4) is 11.3 Å². The summed E-state index contributed by atoms with van der Waals surface area (Å²) in [5, 5.41) is 10.9. The highest BCUT2D eigenvalue weighted by Gasteiger charge is 2.22. The van der Waals surface area contributed by atoms with Crippen LogP contribution in [-0.2, 0) is 0 Å². The van der Waals surface area contributed by atoms with E-state index in [1.54, 1.807) is 0 Å². The van der Waals surface area contributed by atoms with Gasteiger partial charge in [0.05, 0.1) is 4.92 Å². The molecular weight excluding hydrogens is 261 g/mol. The molecule has 7 heteroatoms. The molecule has 0 aliphatic rings. The predicted octanol–water partition coefficient (Wildman–Crippen LogP) is 3.15. The van der Waals surface area contributed by atoms with Crippen molar-refractivity contribution in [2.24, 2.45) is 0 Å². The fourth-order valence-electron chi connectivity index (χ4n) is 1.56. The van der Waals surface area contributed by atoms with Crippen LogP contribution in [0.5, 0.6) is 0 Å². The standard InChI is InChI=1S/C11H7ClFN3O2/c1-6-10(16(17)18)9(15-11(12)14-6)7-2-4-8(13)5-3-7/h2-5H,1H3. The lowest BCUT2D eigenvalue weighted by Crippen LogP contribution is -2.01. The Bertz CT molecular complexity index is 616. The molecule has 2 aromatic rings. The number of aryl methyl sites for hydroxylation is 1. The van der Waals surface area contributed by atoms with Crippen LogP contribution in [0.3, 0.4) is 0 Å². The highest BCUT2D eigenvalue weighted by Crippen LogP contribution is 2.30. The highest BCUT2D eigenvalue weighted by atomic mass is 35.5. The van der Waals surface area contributed by atoms with Crippen molar-refractivity contribution in [3.05, 3.63) is 51.2 Å². The molecule has 0 atom stereocenters. The van der Waals surface area contributed by atoms with E-state index >= 15 is 0 Å². The Morgan fingerprint density at radius 2 is 1.89 bits per heavy atom. The summed E-state index contributed by atoms with van der Waals surface area (Å²) in [4.78, 5) is 18.0. The number of rotatable bonds is 2. The van der Waals surface area contributed by atoms with Crippen LogP contribution in [0.4, 0.5) is 10.1 Å². The Balaban J connectivity index is 2.69. The molecule has 0 saturated carbocycles. The Morgan fingerprint density at radius 3 is 2.44 bits per heavy atom. The summed E-state index contributed by atoms with van der Waals surface area (Å²) >= 11 is 5.69. The van der Waals surface area contributed by atoms with E-state index in [1.807, 2.05) is 0 Å². The van der Waals surface area contributed by atoms with E-state index in [2.05, 4.69) is 9.97 Å². The maximum atomic E-state index is 12.8. The molecule has 5 nitrogen and oxygen atoms in total. The smallest absolute Gasteiger partial charge is 0.258 e. The number of halogens is 2. The molecule has 0 saturated heterocycles. The van der Waals surface area contributed by atoms with E-state index in [0.29, 0.717) is 5.56 Å². The minimum atomic E-state index is -0.579. The fourth-order valence-corrected chi connectivity index (χ4v) is 1.77. The summed E-state index contributed by atoms with van der Waals surface area (Å²) in [5.74, 6) is -0.432. The molecule has 0 N–H and O–H groups in total. The first-order chi connectivity index (χ1) is 8.49. The van der Waals surface area contributed by atoms with Gasteiger partial charge in [0.15, 0.2) is 5.69 Å². The SMILES string of the molecule is Cc1nc(Cl)nc(-c2ccc(F)cc2)c1[N+](=O)[O-]. The molecule has 1 aromatic heterocycles. The van der Waals surface area contributed by atoms with Crippen LogP contribution < -0.4 is 0 Å². The Hall–Kier alpha value is -2.08. The van der Waals surface area contributed by atoms with Crippen LogP contribution in [0.2, 0.25) is 5.28 Å². The summed E-state index contributed by atoms with van der Waals surface area (Å²) in [6.45, 7) is 1.47. The van der Waals surface area contributed by atoms with E-state index in [9.17, 15) is 14.5 Å². The first kappa shape index (κ1) is 12.4. The van der Waals surface area contributed by atoms with Crippen LogP contribution >= 0.6 is 11.6 Å². The molecular formula is C11H7ClFN3O2. The maximum Gasteiger partial charge on any atom is 0.316 e. The van der Waals surface area contributed by atoms with Crippen molar-refractivity contribution >= 4 is 17.3 Å². The molecule has 0 bridgehead atoms. The zero-order chi connectivity index (χ0) is 13.3. The van der Waals surface area contributed by atoms with Gasteiger partial charge >= 0.3 is 5.69 Å². The van der Waals surface area contributed by atoms with Crippen LogP contribution in [0.1, 0.15) is 5.69 Å². The van der Waals surface area contributed by atoms with Gasteiger partial charge < -0.3 is 0 Å². The maximum absolute atomic E-state index is 12.8. The number of aromatic nitrogens is 2. The lowest BCUT2D eigenvalue weighted by Gasteiger charge is -2.04. The first-order valence-corrected chi connectivity index (χ1v) is 5.31. The second kappa shape index (κ2) is 4.66. The van der Waals surface area contributed by atoms with Gasteiger partial charge in [-0.25, -0.2) is 14.4 Å². The van der Waals surface area contributed by atoms with E-state index in [0.717, 1.165) is 0 Å². The van der Waals surface area contributed by atoms with Gasteiger partial charge in [0.25, 0.3) is 0 Å². The van der Waals surface area contributed by atoms with Crippen LogP contribution in [0.15, 0.2) is 24.3 Å². The minimum Gasteiger partial charge on any atom is -0.258 e. The number of hydrogen-bond acceptors (Lipinski definition) is 4. The molecule has 2 rings (SSSR count). The van der Waals surface area contributed by atoms with E-state index in [-0.39, 0.29) is 22.4 Å². The van der Waals surface area contributed by atoms with Gasteiger partial charge in [-0.3, -0.25) is 10.1 Å². The molecule has 1 heterocycles. The molecule has 0 aliphatic heterocycles. The molecule has 0 spiro atoms. The average Bonchev–Trinajstić information content (AvgIpc) is 2.28. The average molecular weight is 268 g/mol. The van der Waals surface area contributed by atoms with Crippen LogP contribution in [0, 0.1) is 22.9 Å². The number of benzene rings is 1. The third-order valence-electron chi connectivity index (χ3n) is 2.33. The summed E-state index contributed by atoms with van der Waals surface area (Å²) < 4.78 is 12.8. The molecule has 0 aliphatic carbocycles. The zero-order valence-corrected chi connectivity index (χ0v) is 9.98. The van der Waals surface area contributed by atoms with Gasteiger partial charge in [0.1, 0.15) is 11.5 Å². The van der Waals surface area contributed by atoms with Gasteiger partial charge in [0.2, 0.25) is 5.28 Å². The van der Waals surface area contributed by atoms with Crippen LogP contribution in [0.25, 0.3) is 11.3 Å². The fraction of sp³-hybridized carbons (Fsp3) is 0.0909. The van der Waals surface area contributed by atoms with Crippen molar-refractivity contribution < 1.29 is 9.31 Å². The van der Waals surface area contributed by atoms with Gasteiger partial charge in [-0.15, -0.1) is 0 Å². The van der Waals surface area contributed by atoms with Crippen molar-refractivity contribution in [2.45, 2.75) is 6.92 Å². The largest absolute Gasteiger partial charge is 0.316 e. The molecule has 1 aromatic carbocycles. The highest BCUT2D eigenvalue weighted by molar-refractivity contribution is 6.28. The summed E-state index contributed by atoms with van der Waals surface area (Å²) in [5.41, 5.74) is 0.429. The Labute approximate surface area is 106 Å². The molecule has 18 heavy (non-hydrogen) atoms. The lowest BCUT2D eigenvalue weighted by molar-refractivity contribution is -0.385. The van der Waals surface area contributed by atoms with Crippen molar-refractivity contribution in [1.29, 1.82) is 0 Å². The van der Waals surface area contributed by atoms with Crippen molar-refractivity contribution in [2.75, 3.05) is 0 Å². The molecule has 92 valence electrons. The number of nitrogens with zero attached hydrogens (tertiary/aromatic N) is 3. The van der Waals surface area contributed by atoms with Gasteiger partial charge in [-0.05, 0) is 42.8 Å². The second-order valence-corrected chi connectivity index (χ2v) is 3.88. The Kier molecular flexibility index (Phi) is 3.20. The van der Waals surface area contributed by atoms with Gasteiger partial charge in [-0.2, -0.15) is 0 Å². The zero-order valence-electron chi connectivity index (χ0n) is 9.22. The monoisotopic (exact) mass is 267 g/mol. The lowest BCUT2D eigenvalue weighted by atomic mass is 10.1. The summed E-state index contributed by atoms with van der Waals surface area (Å²) in [6, 6.07) is 5.20. The van der Waals surface area contributed by atoms with Gasteiger partial charge in [0, 0.05) is 5.56 Å². The third-order valence-corrected chi connectivity index (χ3v) is 2.50. The summed E-state index contributed by atoms with van der Waals surface area (Å²) in [6.07, 6.45) is 0. The number of nitro groups is 1. The summed E-state index contributed by atoms with van der Waals surface area (Å²) in [7, 11) is 0. The second-order valence-electron chi connectivity index (χ2n) is 3.54. The normalized spacial score (nSPS) is 10.4. The Morgan fingerprint density at radius 1 is 1.28 bits per heavy atom. The topological polar surface area (TPSA) is 68.9 Å². The molecule has 0 radical (unpaired) electrons. The molecule has 0 unspecified atom stereocenters. The third kappa shape index (κ3) is 2.28. The number of hydrogen-bond donors (Lipinski definition) is 0. The van der Waals surface area contributed by atoms with Crippen molar-refractivity contribution in [3.63, 3.8) is 0 Å². The predicted molar refractivity (Wildman–Crippen MR) is 63.8 cm³/mol. The quantitative estimate of drug-likeness (QED) is 0.476. The molecule has 0 fully saturated rings. The minimum absolute atomic E-state index is 0.0810.